The monoisotopic (exact) mass is 658 g/mol. The lowest BCUT2D eigenvalue weighted by atomic mass is 10.1. The van der Waals surface area contributed by atoms with Crippen LogP contribution in [0.25, 0.3) is 55.4 Å². The third-order valence-corrected chi connectivity index (χ3v) is 8.82. The van der Waals surface area contributed by atoms with Crippen LogP contribution in [-0.4, -0.2) is 88.7 Å². The summed E-state index contributed by atoms with van der Waals surface area (Å²) in [4.78, 5) is 46.4. The summed E-state index contributed by atoms with van der Waals surface area (Å²) in [5.74, 6) is -2.11. The number of carboxylic acids is 1. The van der Waals surface area contributed by atoms with Crippen LogP contribution in [0.3, 0.4) is 0 Å². The number of carbonyl (C=O) groups excluding carboxylic acids is 1. The molecule has 0 spiro atoms. The maximum absolute atomic E-state index is 13.9. The first-order chi connectivity index (χ1) is 23.8. The van der Waals surface area contributed by atoms with Gasteiger partial charge in [0.2, 0.25) is 0 Å². The van der Waals surface area contributed by atoms with Crippen LogP contribution in [0.1, 0.15) is 27.1 Å². The standard InChI is InChI=1S/C21H20FN5O.C15H8FN3O2/c1-25-7-4-8-26(10-9-25)21(28)16-12-14-11-15(22)13-23-19(14)27-18-6-3-2-5-17(18)24-20(16)27;16-9-5-8-6-10(15(20)21)14-18-11-3-1-2-4-12(11)19(14)13(8)17-7-9/h2-3,5-6,11-13H,4,7-10H2,1H3;1-7H,(H,20,21). The van der Waals surface area contributed by atoms with Gasteiger partial charge in [-0.2, -0.15) is 0 Å². The van der Waals surface area contributed by atoms with Gasteiger partial charge in [0.05, 0.1) is 40.0 Å². The Hall–Kier alpha value is -6.08. The number of amides is 1. The van der Waals surface area contributed by atoms with Crippen molar-refractivity contribution in [3.63, 3.8) is 0 Å². The van der Waals surface area contributed by atoms with E-state index < -0.39 is 17.6 Å². The van der Waals surface area contributed by atoms with Gasteiger partial charge in [-0.1, -0.05) is 24.3 Å². The first-order valence-corrected chi connectivity index (χ1v) is 15.7. The van der Waals surface area contributed by atoms with Crippen molar-refractivity contribution in [3.05, 3.63) is 108 Å². The average Bonchev–Trinajstić information content (AvgIpc) is 3.60. The third kappa shape index (κ3) is 5.24. The minimum atomic E-state index is -1.11. The summed E-state index contributed by atoms with van der Waals surface area (Å²) in [6, 6.07) is 20.8. The van der Waals surface area contributed by atoms with Crippen LogP contribution in [0.5, 0.6) is 0 Å². The second kappa shape index (κ2) is 11.9. The smallest absolute Gasteiger partial charge is 0.339 e. The van der Waals surface area contributed by atoms with Gasteiger partial charge in [-0.25, -0.2) is 33.5 Å². The van der Waals surface area contributed by atoms with Gasteiger partial charge in [0.15, 0.2) is 11.3 Å². The molecule has 244 valence electrons. The molecular weight excluding hydrogens is 630 g/mol. The molecule has 0 bridgehead atoms. The molecular formula is C36H28F2N8O3. The van der Waals surface area contributed by atoms with Gasteiger partial charge >= 0.3 is 5.97 Å². The molecule has 1 aliphatic rings. The zero-order chi connectivity index (χ0) is 33.8. The first-order valence-electron chi connectivity index (χ1n) is 15.7. The second-order valence-corrected chi connectivity index (χ2v) is 12.0. The highest BCUT2D eigenvalue weighted by molar-refractivity contribution is 6.05. The molecule has 2 aromatic carbocycles. The predicted octanol–water partition coefficient (Wildman–Crippen LogP) is 5.83. The lowest BCUT2D eigenvalue weighted by molar-refractivity contribution is 0.0697. The number of nitrogens with zero attached hydrogens (tertiary/aromatic N) is 8. The number of pyridine rings is 4. The van der Waals surface area contributed by atoms with Gasteiger partial charge < -0.3 is 14.9 Å². The highest BCUT2D eigenvalue weighted by Gasteiger charge is 2.24. The molecule has 1 amide bonds. The summed E-state index contributed by atoms with van der Waals surface area (Å²) < 4.78 is 30.8. The van der Waals surface area contributed by atoms with Gasteiger partial charge in [-0.15, -0.1) is 0 Å². The highest BCUT2D eigenvalue weighted by atomic mass is 19.1. The number of para-hydroxylation sites is 4. The highest BCUT2D eigenvalue weighted by Crippen LogP contribution is 2.28. The Balaban J connectivity index is 0.000000148. The summed E-state index contributed by atoms with van der Waals surface area (Å²) >= 11 is 0. The summed E-state index contributed by atoms with van der Waals surface area (Å²) in [5.41, 5.74) is 5.48. The van der Waals surface area contributed by atoms with E-state index in [9.17, 15) is 23.5 Å². The molecule has 1 saturated heterocycles. The molecule has 13 heteroatoms. The van der Waals surface area contributed by atoms with E-state index in [1.165, 1.54) is 24.4 Å². The number of benzene rings is 2. The molecule has 9 rings (SSSR count). The van der Waals surface area contributed by atoms with Crippen LogP contribution in [0.15, 0.2) is 85.2 Å². The molecule has 0 radical (unpaired) electrons. The molecule has 1 fully saturated rings. The number of halogens is 2. The van der Waals surface area contributed by atoms with E-state index >= 15 is 0 Å². The van der Waals surface area contributed by atoms with E-state index in [1.54, 1.807) is 16.5 Å². The Morgan fingerprint density at radius 1 is 0.673 bits per heavy atom. The van der Waals surface area contributed by atoms with Crippen LogP contribution in [0.2, 0.25) is 0 Å². The van der Waals surface area contributed by atoms with E-state index in [4.69, 9.17) is 4.98 Å². The largest absolute Gasteiger partial charge is 0.478 e. The lowest BCUT2D eigenvalue weighted by Gasteiger charge is -2.21. The number of likely N-dealkylation sites (N-methyl/N-ethyl adjacent to an activating group) is 1. The fourth-order valence-electron chi connectivity index (χ4n) is 6.50. The minimum absolute atomic E-state index is 0.0195. The molecule has 0 atom stereocenters. The SMILES string of the molecule is CN1CCCN(C(=O)c2cc3cc(F)cnc3n3c2nc2ccccc23)CC1.O=C(O)c1cc2cc(F)cnc2n2c1nc1ccccc12. The maximum atomic E-state index is 13.9. The quantitative estimate of drug-likeness (QED) is 0.247. The molecule has 6 aromatic heterocycles. The van der Waals surface area contributed by atoms with E-state index in [0.29, 0.717) is 57.5 Å². The van der Waals surface area contributed by atoms with Gasteiger partial charge in [0.25, 0.3) is 5.91 Å². The number of imidazole rings is 2. The molecule has 1 aliphatic heterocycles. The Kier molecular flexibility index (Phi) is 7.33. The molecule has 11 nitrogen and oxygen atoms in total. The zero-order valence-corrected chi connectivity index (χ0v) is 26.2. The number of rotatable bonds is 2. The molecule has 8 aromatic rings. The van der Waals surface area contributed by atoms with Crippen LogP contribution >= 0.6 is 0 Å². The van der Waals surface area contributed by atoms with Crippen molar-refractivity contribution in [2.75, 3.05) is 33.2 Å². The van der Waals surface area contributed by atoms with Gasteiger partial charge in [0.1, 0.15) is 28.5 Å². The predicted molar refractivity (Wildman–Crippen MR) is 181 cm³/mol. The van der Waals surface area contributed by atoms with Gasteiger partial charge in [-0.3, -0.25) is 13.6 Å². The third-order valence-electron chi connectivity index (χ3n) is 8.82. The minimum Gasteiger partial charge on any atom is -0.478 e. The molecule has 0 unspecified atom stereocenters. The molecule has 0 aliphatic carbocycles. The Bertz CT molecular complexity index is 2620. The zero-order valence-electron chi connectivity index (χ0n) is 26.2. The second-order valence-electron chi connectivity index (χ2n) is 12.0. The topological polar surface area (TPSA) is 121 Å². The van der Waals surface area contributed by atoms with Crippen molar-refractivity contribution >= 4 is 67.3 Å². The number of carboxylic acid groups (broad SMARTS) is 1. The fourth-order valence-corrected chi connectivity index (χ4v) is 6.50. The molecule has 0 saturated carbocycles. The molecule has 1 N–H and O–H groups in total. The number of fused-ring (bicyclic) bond motifs is 10. The van der Waals surface area contributed by atoms with Crippen molar-refractivity contribution in [2.45, 2.75) is 6.42 Å². The van der Waals surface area contributed by atoms with E-state index in [-0.39, 0.29) is 11.5 Å². The molecule has 49 heavy (non-hydrogen) atoms. The Morgan fingerprint density at radius 3 is 1.78 bits per heavy atom. The van der Waals surface area contributed by atoms with Crippen molar-refractivity contribution in [2.24, 2.45) is 0 Å². The van der Waals surface area contributed by atoms with Gasteiger partial charge in [-0.05, 0) is 68.5 Å². The summed E-state index contributed by atoms with van der Waals surface area (Å²) in [6.07, 6.45) is 3.23. The number of aromatic carboxylic acids is 1. The maximum Gasteiger partial charge on any atom is 0.339 e. The summed E-state index contributed by atoms with van der Waals surface area (Å²) in [5, 5.41) is 10.4. The van der Waals surface area contributed by atoms with Crippen molar-refractivity contribution in [3.8, 4) is 0 Å². The van der Waals surface area contributed by atoms with Crippen LogP contribution < -0.4 is 0 Å². The van der Waals surface area contributed by atoms with Crippen LogP contribution in [0, 0.1) is 11.6 Å². The number of carbonyl (C=O) groups is 2. The summed E-state index contributed by atoms with van der Waals surface area (Å²) in [6.45, 7) is 3.18. The van der Waals surface area contributed by atoms with Crippen LogP contribution in [0.4, 0.5) is 8.78 Å². The Labute approximate surface area is 276 Å². The first kappa shape index (κ1) is 30.3. The average molecular weight is 659 g/mol. The lowest BCUT2D eigenvalue weighted by Crippen LogP contribution is -2.34. The van der Waals surface area contributed by atoms with Crippen molar-refractivity contribution < 1.29 is 23.5 Å². The number of aromatic nitrogens is 6. The van der Waals surface area contributed by atoms with E-state index in [2.05, 4.69) is 26.9 Å². The fraction of sp³-hybridized carbons (Fsp3) is 0.167. The van der Waals surface area contributed by atoms with E-state index in [1.807, 2.05) is 51.8 Å². The Morgan fingerprint density at radius 2 is 1.20 bits per heavy atom. The van der Waals surface area contributed by atoms with Gasteiger partial charge in [0, 0.05) is 30.4 Å². The number of hydrogen-bond donors (Lipinski definition) is 1. The number of hydrogen-bond acceptors (Lipinski definition) is 7. The summed E-state index contributed by atoms with van der Waals surface area (Å²) in [7, 11) is 2.07. The van der Waals surface area contributed by atoms with E-state index in [0.717, 1.165) is 42.3 Å². The van der Waals surface area contributed by atoms with Crippen molar-refractivity contribution in [1.82, 2.24) is 38.5 Å². The molecule has 7 heterocycles. The van der Waals surface area contributed by atoms with Crippen LogP contribution in [-0.2, 0) is 0 Å². The normalized spacial score (nSPS) is 14.1. The van der Waals surface area contributed by atoms with Crippen molar-refractivity contribution in [1.29, 1.82) is 0 Å².